The van der Waals surface area contributed by atoms with Crippen LogP contribution >= 0.6 is 0 Å². The average Bonchev–Trinajstić information content (AvgIpc) is 2.22. The molecule has 13 heavy (non-hydrogen) atoms. The van der Waals surface area contributed by atoms with Crippen molar-refractivity contribution in [3.8, 4) is 0 Å². The first-order chi connectivity index (χ1) is 6.33. The van der Waals surface area contributed by atoms with Gasteiger partial charge >= 0.3 is 0 Å². The molecule has 0 aromatic heterocycles. The Hall–Kier alpha value is -1.44. The van der Waals surface area contributed by atoms with Crippen LogP contribution in [-0.2, 0) is 4.74 Å². The van der Waals surface area contributed by atoms with E-state index in [1.807, 2.05) is 44.2 Å². The number of aliphatic hydroxyl groups excluding tert-OH is 1. The fourth-order valence-corrected chi connectivity index (χ4v) is 0.751. The smallest absolute Gasteiger partial charge is 0.276 e. The Balaban J connectivity index is 0.000000671. The molecule has 1 aromatic carbocycles. The molecule has 72 valence electrons. The number of methoxy groups -OCH3 is 1. The molecule has 0 aliphatic heterocycles. The van der Waals surface area contributed by atoms with Crippen LogP contribution in [-0.4, -0.2) is 12.2 Å². The van der Waals surface area contributed by atoms with E-state index >= 15 is 0 Å². The fraction of sp³-hybridized carbons (Fsp3) is 0.273. The van der Waals surface area contributed by atoms with Crippen molar-refractivity contribution in [3.63, 3.8) is 0 Å². The molecule has 0 atom stereocenters. The molecule has 2 heteroatoms. The van der Waals surface area contributed by atoms with Gasteiger partial charge in [-0.05, 0) is 5.56 Å². The summed E-state index contributed by atoms with van der Waals surface area (Å²) in [5.74, 6) is -0.0730. The van der Waals surface area contributed by atoms with Gasteiger partial charge in [0.05, 0.1) is 7.11 Å². The van der Waals surface area contributed by atoms with E-state index in [4.69, 9.17) is 5.11 Å². The lowest BCUT2D eigenvalue weighted by Crippen LogP contribution is -1.82. The zero-order valence-electron chi connectivity index (χ0n) is 8.32. The van der Waals surface area contributed by atoms with Crippen molar-refractivity contribution < 1.29 is 9.84 Å². The first-order valence-electron chi connectivity index (χ1n) is 4.32. The maximum absolute atomic E-state index is 8.95. The number of hydrogen-bond donors (Lipinski definition) is 1. The summed E-state index contributed by atoms with van der Waals surface area (Å²) in [4.78, 5) is 0. The van der Waals surface area contributed by atoms with E-state index in [0.717, 1.165) is 5.56 Å². The Morgan fingerprint density at radius 1 is 1.23 bits per heavy atom. The van der Waals surface area contributed by atoms with Gasteiger partial charge in [-0.1, -0.05) is 44.2 Å². The van der Waals surface area contributed by atoms with Crippen molar-refractivity contribution in [3.05, 3.63) is 41.8 Å². The Morgan fingerprint density at radius 3 is 2.23 bits per heavy atom. The van der Waals surface area contributed by atoms with Crippen molar-refractivity contribution in [1.82, 2.24) is 0 Å². The van der Waals surface area contributed by atoms with Gasteiger partial charge in [0.1, 0.15) is 0 Å². The highest BCUT2D eigenvalue weighted by Crippen LogP contribution is 2.03. The summed E-state index contributed by atoms with van der Waals surface area (Å²) in [6, 6.07) is 9.48. The molecule has 2 nitrogen and oxygen atoms in total. The molecular weight excluding hydrogens is 164 g/mol. The standard InChI is InChI=1S/C9H10O2.C2H6/c1-11-9(10)7-8-5-3-2-4-6-8;1-2/h2-7,10H,1H3;1-2H3. The number of rotatable bonds is 2. The molecular formula is C11H16O2. The van der Waals surface area contributed by atoms with E-state index in [1.54, 1.807) is 6.08 Å². The van der Waals surface area contributed by atoms with E-state index in [2.05, 4.69) is 4.74 Å². The van der Waals surface area contributed by atoms with Gasteiger partial charge in [0, 0.05) is 6.08 Å². The van der Waals surface area contributed by atoms with Crippen LogP contribution in [0, 0.1) is 0 Å². The fourth-order valence-electron chi connectivity index (χ4n) is 0.751. The first-order valence-corrected chi connectivity index (χ1v) is 4.32. The van der Waals surface area contributed by atoms with Crippen LogP contribution in [0.1, 0.15) is 19.4 Å². The summed E-state index contributed by atoms with van der Waals surface area (Å²) in [5, 5.41) is 8.95. The third-order valence-corrected chi connectivity index (χ3v) is 1.30. The molecule has 0 heterocycles. The second-order valence-electron chi connectivity index (χ2n) is 2.10. The second kappa shape index (κ2) is 7.22. The Kier molecular flexibility index (Phi) is 6.42. The normalized spacial score (nSPS) is 9.92. The Morgan fingerprint density at radius 2 is 1.77 bits per heavy atom. The van der Waals surface area contributed by atoms with Crippen LogP contribution in [0.3, 0.4) is 0 Å². The van der Waals surface area contributed by atoms with E-state index in [1.165, 1.54) is 7.11 Å². The van der Waals surface area contributed by atoms with Crippen LogP contribution in [0.25, 0.3) is 6.08 Å². The topological polar surface area (TPSA) is 29.5 Å². The monoisotopic (exact) mass is 180 g/mol. The number of ether oxygens (including phenoxy) is 1. The third-order valence-electron chi connectivity index (χ3n) is 1.30. The van der Waals surface area contributed by atoms with Crippen molar-refractivity contribution in [1.29, 1.82) is 0 Å². The molecule has 1 N–H and O–H groups in total. The van der Waals surface area contributed by atoms with Gasteiger partial charge in [0.2, 0.25) is 0 Å². The van der Waals surface area contributed by atoms with Crippen molar-refractivity contribution >= 4 is 6.08 Å². The molecule has 0 bridgehead atoms. The van der Waals surface area contributed by atoms with Gasteiger partial charge in [-0.15, -0.1) is 0 Å². The Bertz CT molecular complexity index is 240. The molecule has 0 radical (unpaired) electrons. The van der Waals surface area contributed by atoms with Crippen LogP contribution in [0.15, 0.2) is 36.3 Å². The van der Waals surface area contributed by atoms with Crippen LogP contribution in [0.5, 0.6) is 0 Å². The molecule has 0 amide bonds. The van der Waals surface area contributed by atoms with Gasteiger partial charge in [0.15, 0.2) is 0 Å². The predicted octanol–water partition coefficient (Wildman–Crippen LogP) is 3.22. The van der Waals surface area contributed by atoms with Crippen LogP contribution in [0.4, 0.5) is 0 Å². The Labute approximate surface area is 79.5 Å². The molecule has 0 saturated heterocycles. The van der Waals surface area contributed by atoms with Gasteiger partial charge in [-0.25, -0.2) is 0 Å². The van der Waals surface area contributed by atoms with E-state index in [9.17, 15) is 0 Å². The quantitative estimate of drug-likeness (QED) is 0.708. The third kappa shape index (κ3) is 4.90. The molecule has 0 spiro atoms. The van der Waals surface area contributed by atoms with Crippen LogP contribution < -0.4 is 0 Å². The molecule has 0 fully saturated rings. The number of aliphatic hydroxyl groups is 1. The molecule has 0 unspecified atom stereocenters. The minimum absolute atomic E-state index is 0.0730. The largest absolute Gasteiger partial charge is 0.481 e. The summed E-state index contributed by atoms with van der Waals surface area (Å²) in [6.45, 7) is 4.00. The molecule has 0 aliphatic rings. The van der Waals surface area contributed by atoms with Crippen molar-refractivity contribution in [2.75, 3.05) is 7.11 Å². The SMILES string of the molecule is CC.COC(O)=Cc1ccccc1. The molecule has 0 saturated carbocycles. The minimum Gasteiger partial charge on any atom is -0.481 e. The van der Waals surface area contributed by atoms with Gasteiger partial charge in [-0.2, -0.15) is 0 Å². The van der Waals surface area contributed by atoms with E-state index in [0.29, 0.717) is 0 Å². The lowest BCUT2D eigenvalue weighted by molar-refractivity contribution is 0.141. The summed E-state index contributed by atoms with van der Waals surface area (Å²) < 4.78 is 4.57. The highest BCUT2D eigenvalue weighted by Gasteiger charge is 1.89. The summed E-state index contributed by atoms with van der Waals surface area (Å²) in [6.07, 6.45) is 1.56. The maximum atomic E-state index is 8.95. The highest BCUT2D eigenvalue weighted by atomic mass is 16.6. The lowest BCUT2D eigenvalue weighted by Gasteiger charge is -1.95. The van der Waals surface area contributed by atoms with E-state index < -0.39 is 0 Å². The maximum Gasteiger partial charge on any atom is 0.276 e. The minimum atomic E-state index is -0.0730. The zero-order chi connectivity index (χ0) is 10.1. The second-order valence-corrected chi connectivity index (χ2v) is 2.10. The van der Waals surface area contributed by atoms with Gasteiger partial charge in [0.25, 0.3) is 5.95 Å². The summed E-state index contributed by atoms with van der Waals surface area (Å²) in [7, 11) is 1.43. The molecule has 0 aliphatic carbocycles. The predicted molar refractivity (Wildman–Crippen MR) is 55.4 cm³/mol. The summed E-state index contributed by atoms with van der Waals surface area (Å²) in [5.41, 5.74) is 0.923. The average molecular weight is 180 g/mol. The molecule has 1 rings (SSSR count). The van der Waals surface area contributed by atoms with Crippen LogP contribution in [0.2, 0.25) is 0 Å². The highest BCUT2D eigenvalue weighted by molar-refractivity contribution is 5.49. The number of benzene rings is 1. The van der Waals surface area contributed by atoms with Crippen molar-refractivity contribution in [2.45, 2.75) is 13.8 Å². The van der Waals surface area contributed by atoms with Crippen molar-refractivity contribution in [2.24, 2.45) is 0 Å². The van der Waals surface area contributed by atoms with Gasteiger partial charge in [-0.3, -0.25) is 0 Å². The van der Waals surface area contributed by atoms with Gasteiger partial charge < -0.3 is 9.84 Å². The first kappa shape index (κ1) is 11.6. The number of hydrogen-bond acceptors (Lipinski definition) is 2. The summed E-state index contributed by atoms with van der Waals surface area (Å²) >= 11 is 0. The molecule has 1 aromatic rings. The lowest BCUT2D eigenvalue weighted by atomic mass is 10.2. The van der Waals surface area contributed by atoms with E-state index in [-0.39, 0.29) is 5.95 Å². The zero-order valence-corrected chi connectivity index (χ0v) is 8.32.